The molecular weight excluding hydrogens is 334 g/mol. The van der Waals surface area contributed by atoms with Gasteiger partial charge in [-0.2, -0.15) is 4.31 Å². The van der Waals surface area contributed by atoms with Gasteiger partial charge in [0.05, 0.1) is 13.0 Å². The molecular formula is C15H27N3O5S. The maximum Gasteiger partial charge on any atom is 0.328 e. The first kappa shape index (κ1) is 19.1. The van der Waals surface area contributed by atoms with Gasteiger partial charge >= 0.3 is 5.97 Å². The Bertz CT molecular complexity index is 606. The molecule has 24 heavy (non-hydrogen) atoms. The Morgan fingerprint density at radius 1 is 1.25 bits per heavy atom. The average molecular weight is 361 g/mol. The number of hydrogen-bond acceptors (Lipinski definition) is 6. The van der Waals surface area contributed by atoms with Crippen molar-refractivity contribution >= 4 is 21.9 Å². The van der Waals surface area contributed by atoms with Gasteiger partial charge in [-0.15, -0.1) is 0 Å². The first-order chi connectivity index (χ1) is 11.1. The quantitative estimate of drug-likeness (QED) is 0.471. The van der Waals surface area contributed by atoms with E-state index >= 15 is 0 Å². The summed E-state index contributed by atoms with van der Waals surface area (Å²) in [6, 6.07) is -0.664. The number of esters is 1. The Kier molecular flexibility index (Phi) is 5.56. The third-order valence-corrected chi connectivity index (χ3v) is 7.09. The lowest BCUT2D eigenvalue weighted by Gasteiger charge is -2.30. The number of carbonyl (C=O) groups excluding carboxylic acids is 2. The van der Waals surface area contributed by atoms with Crippen LogP contribution >= 0.6 is 0 Å². The van der Waals surface area contributed by atoms with Crippen LogP contribution in [0.3, 0.4) is 0 Å². The Labute approximate surface area is 143 Å². The SMILES string of the molecule is COC(=O)[C@H](C(C)C)N(C)C(=O)[C@H]1CCN(S(=O)(=O)[C@@H]2CN2C)C1. The second kappa shape index (κ2) is 6.97. The van der Waals surface area contributed by atoms with E-state index in [4.69, 9.17) is 4.74 Å². The van der Waals surface area contributed by atoms with E-state index in [2.05, 4.69) is 0 Å². The Morgan fingerprint density at radius 3 is 2.29 bits per heavy atom. The molecule has 0 aromatic carbocycles. The maximum absolute atomic E-state index is 12.7. The molecule has 2 rings (SSSR count). The average Bonchev–Trinajstić information content (AvgIpc) is 3.06. The first-order valence-electron chi connectivity index (χ1n) is 8.15. The molecule has 138 valence electrons. The predicted octanol–water partition coefficient (Wildman–Crippen LogP) is -0.434. The molecule has 0 radical (unpaired) electrons. The van der Waals surface area contributed by atoms with Crippen molar-refractivity contribution in [3.8, 4) is 0 Å². The second-order valence-corrected chi connectivity index (χ2v) is 9.03. The third kappa shape index (κ3) is 3.57. The van der Waals surface area contributed by atoms with E-state index in [1.807, 2.05) is 13.8 Å². The van der Waals surface area contributed by atoms with Crippen molar-refractivity contribution in [1.82, 2.24) is 14.1 Å². The van der Waals surface area contributed by atoms with Gasteiger partial charge in [0.2, 0.25) is 15.9 Å². The van der Waals surface area contributed by atoms with Crippen LogP contribution in [0.2, 0.25) is 0 Å². The van der Waals surface area contributed by atoms with Crippen LogP contribution in [0, 0.1) is 11.8 Å². The number of rotatable bonds is 6. The summed E-state index contributed by atoms with van der Waals surface area (Å²) in [6.45, 7) is 4.76. The van der Waals surface area contributed by atoms with E-state index in [9.17, 15) is 18.0 Å². The number of carbonyl (C=O) groups is 2. The van der Waals surface area contributed by atoms with Crippen molar-refractivity contribution in [2.45, 2.75) is 31.7 Å². The van der Waals surface area contributed by atoms with E-state index in [0.29, 0.717) is 19.5 Å². The van der Waals surface area contributed by atoms with Crippen LogP contribution in [-0.4, -0.2) is 86.7 Å². The van der Waals surface area contributed by atoms with Crippen LogP contribution in [0.15, 0.2) is 0 Å². The molecule has 0 aromatic heterocycles. The molecule has 2 heterocycles. The van der Waals surface area contributed by atoms with E-state index in [-0.39, 0.29) is 18.4 Å². The third-order valence-electron chi connectivity index (χ3n) is 4.85. The number of methoxy groups -OCH3 is 1. The largest absolute Gasteiger partial charge is 0.467 e. The zero-order chi connectivity index (χ0) is 18.2. The van der Waals surface area contributed by atoms with Crippen LogP contribution in [0.4, 0.5) is 0 Å². The van der Waals surface area contributed by atoms with E-state index in [1.54, 1.807) is 19.0 Å². The van der Waals surface area contributed by atoms with Gasteiger partial charge in [0, 0.05) is 26.7 Å². The first-order valence-corrected chi connectivity index (χ1v) is 9.65. The molecule has 4 atom stereocenters. The van der Waals surface area contributed by atoms with Crippen molar-refractivity contribution in [3.63, 3.8) is 0 Å². The topological polar surface area (TPSA) is 87.0 Å². The number of sulfonamides is 1. The predicted molar refractivity (Wildman–Crippen MR) is 88.4 cm³/mol. The second-order valence-electron chi connectivity index (χ2n) is 6.94. The molecule has 2 aliphatic heterocycles. The fourth-order valence-corrected chi connectivity index (χ4v) is 5.25. The van der Waals surface area contributed by atoms with Crippen LogP contribution in [0.1, 0.15) is 20.3 Å². The van der Waals surface area contributed by atoms with Gasteiger partial charge in [-0.25, -0.2) is 13.2 Å². The summed E-state index contributed by atoms with van der Waals surface area (Å²) < 4.78 is 31.0. The highest BCUT2D eigenvalue weighted by molar-refractivity contribution is 7.90. The minimum atomic E-state index is -3.37. The molecule has 0 aromatic rings. The summed E-state index contributed by atoms with van der Waals surface area (Å²) >= 11 is 0. The lowest BCUT2D eigenvalue weighted by atomic mass is 10.00. The van der Waals surface area contributed by atoms with Gasteiger partial charge in [0.15, 0.2) is 0 Å². The van der Waals surface area contributed by atoms with Gasteiger partial charge in [-0.05, 0) is 19.4 Å². The summed E-state index contributed by atoms with van der Waals surface area (Å²) in [5.41, 5.74) is 0. The molecule has 0 bridgehead atoms. The number of ether oxygens (including phenoxy) is 1. The van der Waals surface area contributed by atoms with E-state index in [1.165, 1.54) is 16.3 Å². The molecule has 1 amide bonds. The molecule has 9 heteroatoms. The molecule has 8 nitrogen and oxygen atoms in total. The molecule has 2 aliphatic rings. The van der Waals surface area contributed by atoms with Gasteiger partial charge in [0.1, 0.15) is 11.4 Å². The zero-order valence-corrected chi connectivity index (χ0v) is 15.7. The maximum atomic E-state index is 12.7. The molecule has 0 saturated carbocycles. The van der Waals surface area contributed by atoms with Crippen LogP contribution in [0.25, 0.3) is 0 Å². The molecule has 2 fully saturated rings. The summed E-state index contributed by atoms with van der Waals surface area (Å²) in [4.78, 5) is 27.8. The van der Waals surface area contributed by atoms with Crippen LogP contribution in [0.5, 0.6) is 0 Å². The van der Waals surface area contributed by atoms with Crippen molar-refractivity contribution in [3.05, 3.63) is 0 Å². The van der Waals surface area contributed by atoms with Crippen LogP contribution in [-0.2, 0) is 24.3 Å². The molecule has 0 aliphatic carbocycles. The summed E-state index contributed by atoms with van der Waals surface area (Å²) in [6.07, 6.45) is 0.477. The minimum Gasteiger partial charge on any atom is -0.467 e. The van der Waals surface area contributed by atoms with Crippen molar-refractivity contribution in [2.75, 3.05) is 40.8 Å². The Balaban J connectivity index is 2.04. The van der Waals surface area contributed by atoms with Crippen molar-refractivity contribution in [2.24, 2.45) is 11.8 Å². The minimum absolute atomic E-state index is 0.0900. The van der Waals surface area contributed by atoms with Gasteiger partial charge in [0.25, 0.3) is 0 Å². The number of likely N-dealkylation sites (N-methyl/N-ethyl adjacent to an activating group) is 2. The highest BCUT2D eigenvalue weighted by Gasteiger charge is 2.48. The Morgan fingerprint density at radius 2 is 1.83 bits per heavy atom. The number of amides is 1. The highest BCUT2D eigenvalue weighted by Crippen LogP contribution is 2.29. The van der Waals surface area contributed by atoms with Gasteiger partial charge in [-0.3, -0.25) is 9.69 Å². The molecule has 2 saturated heterocycles. The fraction of sp³-hybridized carbons (Fsp3) is 0.867. The molecule has 1 unspecified atom stereocenters. The fourth-order valence-electron chi connectivity index (χ4n) is 3.28. The smallest absolute Gasteiger partial charge is 0.328 e. The Hall–Kier alpha value is -1.19. The zero-order valence-electron chi connectivity index (χ0n) is 14.9. The van der Waals surface area contributed by atoms with E-state index in [0.717, 1.165) is 0 Å². The van der Waals surface area contributed by atoms with Gasteiger partial charge < -0.3 is 9.64 Å². The number of nitrogens with zero attached hydrogens (tertiary/aromatic N) is 3. The normalized spacial score (nSPS) is 28.7. The van der Waals surface area contributed by atoms with E-state index < -0.39 is 33.3 Å². The monoisotopic (exact) mass is 361 g/mol. The lowest BCUT2D eigenvalue weighted by Crippen LogP contribution is -2.49. The molecule has 0 N–H and O–H groups in total. The molecule has 0 spiro atoms. The van der Waals surface area contributed by atoms with Gasteiger partial charge in [-0.1, -0.05) is 13.8 Å². The summed E-state index contributed by atoms with van der Waals surface area (Å²) in [5, 5.41) is -0.456. The number of hydrogen-bond donors (Lipinski definition) is 0. The van der Waals surface area contributed by atoms with Crippen molar-refractivity contribution in [1.29, 1.82) is 0 Å². The summed E-state index contributed by atoms with van der Waals surface area (Å²) in [7, 11) is 1.27. The highest BCUT2D eigenvalue weighted by atomic mass is 32.2. The summed E-state index contributed by atoms with van der Waals surface area (Å²) in [5.74, 6) is -1.17. The van der Waals surface area contributed by atoms with Crippen molar-refractivity contribution < 1.29 is 22.7 Å². The standard InChI is InChI=1S/C15H27N3O5S/c1-10(2)13(15(20)23-5)17(4)14(19)11-6-7-18(8-11)24(21,22)12-9-16(12)3/h10-13H,6-9H2,1-5H3/t11-,12+,13-,16?/m0/s1. The van der Waals surface area contributed by atoms with Crippen LogP contribution < -0.4 is 0 Å². The lowest BCUT2D eigenvalue weighted by molar-refractivity contribution is -0.155.